The number of aliphatic hydroxyl groups is 1. The minimum Gasteiger partial charge on any atom is -0.467 e. The molecule has 1 aliphatic rings. The average molecular weight is 247 g/mol. The average Bonchev–Trinajstić information content (AvgIpc) is 2.20. The number of carbonyl (C=O) groups is 1. The standard InChI is InChI=1S/C11H21NO3S/c1-10(14,9(13)15-2)7-12-8-11(16-3)5-4-6-11/h12,14H,4-8H2,1-3H3. The Bertz CT molecular complexity index is 246. The van der Waals surface area contributed by atoms with Crippen molar-refractivity contribution in [3.63, 3.8) is 0 Å². The quantitative estimate of drug-likeness (QED) is 0.680. The fourth-order valence-corrected chi connectivity index (χ4v) is 2.79. The minimum absolute atomic E-state index is 0.238. The van der Waals surface area contributed by atoms with Gasteiger partial charge < -0.3 is 15.2 Å². The van der Waals surface area contributed by atoms with E-state index in [1.165, 1.54) is 33.3 Å². The lowest BCUT2D eigenvalue weighted by Crippen LogP contribution is -2.50. The molecular weight excluding hydrogens is 226 g/mol. The van der Waals surface area contributed by atoms with Crippen LogP contribution in [0, 0.1) is 0 Å². The number of nitrogens with one attached hydrogen (secondary N) is 1. The summed E-state index contributed by atoms with van der Waals surface area (Å²) in [5.41, 5.74) is -1.43. The summed E-state index contributed by atoms with van der Waals surface area (Å²) in [5, 5.41) is 13.0. The Morgan fingerprint density at radius 3 is 2.62 bits per heavy atom. The predicted octanol–water partition coefficient (Wildman–Crippen LogP) is 0.786. The molecular formula is C11H21NO3S. The second-order valence-corrected chi connectivity index (χ2v) is 5.88. The summed E-state index contributed by atoms with van der Waals surface area (Å²) in [5.74, 6) is -0.591. The van der Waals surface area contributed by atoms with Gasteiger partial charge in [0.1, 0.15) is 0 Å². The van der Waals surface area contributed by atoms with E-state index in [1.54, 1.807) is 0 Å². The number of methoxy groups -OCH3 is 1. The number of hydrogen-bond acceptors (Lipinski definition) is 5. The summed E-state index contributed by atoms with van der Waals surface area (Å²) in [6.07, 6.45) is 5.80. The van der Waals surface area contributed by atoms with Crippen LogP contribution in [0.15, 0.2) is 0 Å². The van der Waals surface area contributed by atoms with Crippen molar-refractivity contribution in [1.29, 1.82) is 0 Å². The van der Waals surface area contributed by atoms with E-state index in [-0.39, 0.29) is 6.54 Å². The molecule has 4 nitrogen and oxygen atoms in total. The molecule has 94 valence electrons. The highest BCUT2D eigenvalue weighted by Crippen LogP contribution is 2.42. The van der Waals surface area contributed by atoms with Gasteiger partial charge in [-0.2, -0.15) is 11.8 Å². The van der Waals surface area contributed by atoms with Crippen molar-refractivity contribution in [3.05, 3.63) is 0 Å². The summed E-state index contributed by atoms with van der Waals surface area (Å²) in [6, 6.07) is 0. The molecule has 1 fully saturated rings. The molecule has 0 aromatic carbocycles. The van der Waals surface area contributed by atoms with E-state index in [1.807, 2.05) is 11.8 Å². The van der Waals surface area contributed by atoms with E-state index in [0.717, 1.165) is 6.54 Å². The Balaban J connectivity index is 2.31. The van der Waals surface area contributed by atoms with Crippen LogP contribution in [0.5, 0.6) is 0 Å². The number of ether oxygens (including phenoxy) is 1. The van der Waals surface area contributed by atoms with Crippen LogP contribution in [0.2, 0.25) is 0 Å². The second-order valence-electron chi connectivity index (χ2n) is 4.61. The zero-order valence-electron chi connectivity index (χ0n) is 10.2. The van der Waals surface area contributed by atoms with Crippen LogP contribution in [0.4, 0.5) is 0 Å². The topological polar surface area (TPSA) is 58.6 Å². The molecule has 0 spiro atoms. The van der Waals surface area contributed by atoms with Gasteiger partial charge in [0, 0.05) is 17.8 Å². The van der Waals surface area contributed by atoms with Gasteiger partial charge in [-0.1, -0.05) is 6.42 Å². The highest BCUT2D eigenvalue weighted by Gasteiger charge is 2.37. The van der Waals surface area contributed by atoms with Crippen molar-refractivity contribution in [3.8, 4) is 0 Å². The molecule has 0 aliphatic heterocycles. The number of thioether (sulfide) groups is 1. The van der Waals surface area contributed by atoms with Crippen molar-refractivity contribution in [2.45, 2.75) is 36.5 Å². The van der Waals surface area contributed by atoms with Crippen LogP contribution < -0.4 is 5.32 Å². The lowest BCUT2D eigenvalue weighted by molar-refractivity contribution is -0.159. The number of rotatable bonds is 6. The molecule has 1 saturated carbocycles. The molecule has 2 N–H and O–H groups in total. The zero-order valence-corrected chi connectivity index (χ0v) is 11.0. The van der Waals surface area contributed by atoms with Gasteiger partial charge in [-0.25, -0.2) is 4.79 Å². The van der Waals surface area contributed by atoms with E-state index >= 15 is 0 Å². The molecule has 0 radical (unpaired) electrons. The van der Waals surface area contributed by atoms with Crippen LogP contribution in [-0.2, 0) is 9.53 Å². The van der Waals surface area contributed by atoms with Crippen LogP contribution >= 0.6 is 11.8 Å². The number of carbonyl (C=O) groups excluding carboxylic acids is 1. The van der Waals surface area contributed by atoms with Gasteiger partial charge in [0.05, 0.1) is 7.11 Å². The molecule has 0 saturated heterocycles. The molecule has 1 rings (SSSR count). The molecule has 5 heteroatoms. The molecule has 0 bridgehead atoms. The third-order valence-corrected chi connectivity index (χ3v) is 4.66. The minimum atomic E-state index is -1.43. The zero-order chi connectivity index (χ0) is 12.2. The summed E-state index contributed by atoms with van der Waals surface area (Å²) in [4.78, 5) is 11.2. The smallest absolute Gasteiger partial charge is 0.338 e. The summed E-state index contributed by atoms with van der Waals surface area (Å²) in [7, 11) is 1.28. The fourth-order valence-electron chi connectivity index (χ4n) is 1.85. The monoisotopic (exact) mass is 247 g/mol. The number of esters is 1. The first-order chi connectivity index (χ1) is 7.46. The van der Waals surface area contributed by atoms with E-state index < -0.39 is 11.6 Å². The highest BCUT2D eigenvalue weighted by molar-refractivity contribution is 8.00. The van der Waals surface area contributed by atoms with Gasteiger partial charge >= 0.3 is 5.97 Å². The van der Waals surface area contributed by atoms with Crippen LogP contribution in [-0.4, -0.2) is 47.9 Å². The van der Waals surface area contributed by atoms with E-state index in [0.29, 0.717) is 4.75 Å². The molecule has 0 amide bonds. The molecule has 1 atom stereocenters. The first-order valence-corrected chi connectivity index (χ1v) is 6.75. The first kappa shape index (κ1) is 13.8. The van der Waals surface area contributed by atoms with Crippen LogP contribution in [0.1, 0.15) is 26.2 Å². The largest absolute Gasteiger partial charge is 0.467 e. The molecule has 0 aromatic rings. The second kappa shape index (κ2) is 5.38. The fraction of sp³-hybridized carbons (Fsp3) is 0.909. The lowest BCUT2D eigenvalue weighted by Gasteiger charge is -2.41. The first-order valence-electron chi connectivity index (χ1n) is 5.52. The molecule has 0 aromatic heterocycles. The normalized spacial score (nSPS) is 22.0. The SMILES string of the molecule is COC(=O)C(C)(O)CNCC1(SC)CCC1. The van der Waals surface area contributed by atoms with Crippen molar-refractivity contribution in [1.82, 2.24) is 5.32 Å². The van der Waals surface area contributed by atoms with Crippen molar-refractivity contribution >= 4 is 17.7 Å². The summed E-state index contributed by atoms with van der Waals surface area (Å²) >= 11 is 1.86. The van der Waals surface area contributed by atoms with E-state index in [2.05, 4.69) is 16.3 Å². The Morgan fingerprint density at radius 2 is 2.25 bits per heavy atom. The molecule has 1 aliphatic carbocycles. The van der Waals surface area contributed by atoms with Gasteiger partial charge in [-0.05, 0) is 26.0 Å². The maximum Gasteiger partial charge on any atom is 0.338 e. The molecule has 1 unspecified atom stereocenters. The van der Waals surface area contributed by atoms with Gasteiger partial charge in [0.25, 0.3) is 0 Å². The van der Waals surface area contributed by atoms with Crippen molar-refractivity contribution in [2.24, 2.45) is 0 Å². The Morgan fingerprint density at radius 1 is 1.62 bits per heavy atom. The maximum atomic E-state index is 11.2. The van der Waals surface area contributed by atoms with Crippen LogP contribution in [0.3, 0.4) is 0 Å². The van der Waals surface area contributed by atoms with E-state index in [4.69, 9.17) is 0 Å². The third kappa shape index (κ3) is 3.12. The Labute approximate surface area is 101 Å². The summed E-state index contributed by atoms with van der Waals surface area (Å²) in [6.45, 7) is 2.54. The highest BCUT2D eigenvalue weighted by atomic mass is 32.2. The third-order valence-electron chi connectivity index (χ3n) is 3.24. The predicted molar refractivity (Wildman–Crippen MR) is 65.6 cm³/mol. The van der Waals surface area contributed by atoms with Gasteiger partial charge in [0.2, 0.25) is 0 Å². The van der Waals surface area contributed by atoms with Gasteiger partial charge in [-0.15, -0.1) is 0 Å². The Hall–Kier alpha value is -0.260. The van der Waals surface area contributed by atoms with Crippen LogP contribution in [0.25, 0.3) is 0 Å². The van der Waals surface area contributed by atoms with Gasteiger partial charge in [0.15, 0.2) is 5.60 Å². The van der Waals surface area contributed by atoms with Crippen molar-refractivity contribution in [2.75, 3.05) is 26.5 Å². The van der Waals surface area contributed by atoms with Crippen molar-refractivity contribution < 1.29 is 14.6 Å². The summed E-state index contributed by atoms with van der Waals surface area (Å²) < 4.78 is 4.84. The van der Waals surface area contributed by atoms with E-state index in [9.17, 15) is 9.90 Å². The number of hydrogen-bond donors (Lipinski definition) is 2. The molecule has 0 heterocycles. The lowest BCUT2D eigenvalue weighted by atomic mass is 9.84. The molecule has 16 heavy (non-hydrogen) atoms. The maximum absolute atomic E-state index is 11.2. The Kier molecular flexibility index (Phi) is 4.64. The van der Waals surface area contributed by atoms with Gasteiger partial charge in [-0.3, -0.25) is 0 Å².